The summed E-state index contributed by atoms with van der Waals surface area (Å²) < 4.78 is 63.1. The average Bonchev–Trinajstić information content (AvgIpc) is 2.91. The van der Waals surface area contributed by atoms with E-state index >= 15 is 0 Å². The molecule has 0 atom stereocenters. The summed E-state index contributed by atoms with van der Waals surface area (Å²) in [7, 11) is -5.55. The number of nitrogens with zero attached hydrogens (tertiary/aromatic N) is 3. The van der Waals surface area contributed by atoms with Gasteiger partial charge in [-0.05, 0) is 42.8 Å². The van der Waals surface area contributed by atoms with Crippen LogP contribution in [0.2, 0.25) is 0 Å². The van der Waals surface area contributed by atoms with Crippen LogP contribution in [0.25, 0.3) is 5.69 Å². The van der Waals surface area contributed by atoms with Crippen molar-refractivity contribution in [2.75, 3.05) is 0 Å². The number of aromatic nitrogens is 3. The molecule has 3 aromatic rings. The fourth-order valence-electron chi connectivity index (χ4n) is 2.94. The Kier molecular flexibility index (Phi) is 5.40. The van der Waals surface area contributed by atoms with E-state index in [1.807, 2.05) is 0 Å². The van der Waals surface area contributed by atoms with Gasteiger partial charge in [0.15, 0.2) is 0 Å². The molecule has 13 heteroatoms. The summed E-state index contributed by atoms with van der Waals surface area (Å²) in [5.74, 6) is -0.742. The molecule has 31 heavy (non-hydrogen) atoms. The van der Waals surface area contributed by atoms with Crippen molar-refractivity contribution in [3.8, 4) is 11.6 Å². The minimum atomic E-state index is -5.55. The SMILES string of the molecule is Cc1c(O)n(-c2ccc(S(=O)(=O)C(F)(F)F)cc2)c(=O)n1Cc1ccncc1C(=N)N. The number of rotatable bonds is 5. The zero-order valence-electron chi connectivity index (χ0n) is 15.9. The summed E-state index contributed by atoms with van der Waals surface area (Å²) in [6.45, 7) is 1.38. The van der Waals surface area contributed by atoms with Crippen LogP contribution in [0.1, 0.15) is 16.8 Å². The van der Waals surface area contributed by atoms with Gasteiger partial charge in [-0.1, -0.05) is 0 Å². The zero-order valence-corrected chi connectivity index (χ0v) is 16.7. The molecule has 2 aromatic heterocycles. The van der Waals surface area contributed by atoms with Crippen molar-refractivity contribution in [1.29, 1.82) is 5.41 Å². The van der Waals surface area contributed by atoms with E-state index in [0.29, 0.717) is 23.3 Å². The number of imidazole rings is 1. The van der Waals surface area contributed by atoms with Gasteiger partial charge < -0.3 is 10.8 Å². The molecule has 164 valence electrons. The van der Waals surface area contributed by atoms with Crippen LogP contribution >= 0.6 is 0 Å². The summed E-state index contributed by atoms with van der Waals surface area (Å²) in [6, 6.07) is 4.92. The van der Waals surface area contributed by atoms with Gasteiger partial charge in [0.05, 0.1) is 22.8 Å². The summed E-state index contributed by atoms with van der Waals surface area (Å²) in [6.07, 6.45) is 2.80. The number of aromatic hydroxyl groups is 1. The largest absolute Gasteiger partial charge is 0.501 e. The number of amidine groups is 1. The van der Waals surface area contributed by atoms with Crippen molar-refractivity contribution >= 4 is 15.7 Å². The first-order valence-corrected chi connectivity index (χ1v) is 10.0. The Balaban J connectivity index is 2.06. The highest BCUT2D eigenvalue weighted by Gasteiger charge is 2.46. The van der Waals surface area contributed by atoms with Crippen molar-refractivity contribution in [3.05, 3.63) is 70.0 Å². The molecular formula is C18H16F3N5O4S. The lowest BCUT2D eigenvalue weighted by Gasteiger charge is -2.09. The number of hydrogen-bond donors (Lipinski definition) is 3. The molecule has 0 unspecified atom stereocenters. The lowest BCUT2D eigenvalue weighted by molar-refractivity contribution is -0.0436. The lowest BCUT2D eigenvalue weighted by atomic mass is 10.1. The maximum Gasteiger partial charge on any atom is 0.501 e. The van der Waals surface area contributed by atoms with E-state index in [1.165, 1.54) is 23.9 Å². The highest BCUT2D eigenvalue weighted by atomic mass is 32.2. The van der Waals surface area contributed by atoms with Crippen LogP contribution in [0.3, 0.4) is 0 Å². The fraction of sp³-hybridized carbons (Fsp3) is 0.167. The molecule has 0 fully saturated rings. The molecule has 0 bridgehead atoms. The Hall–Kier alpha value is -3.61. The third-order valence-electron chi connectivity index (χ3n) is 4.60. The first kappa shape index (κ1) is 22.1. The van der Waals surface area contributed by atoms with Crippen molar-refractivity contribution in [2.45, 2.75) is 23.9 Å². The molecule has 0 aliphatic carbocycles. The Morgan fingerprint density at radius 2 is 1.84 bits per heavy atom. The lowest BCUT2D eigenvalue weighted by Crippen LogP contribution is -2.26. The molecule has 3 rings (SSSR count). The van der Waals surface area contributed by atoms with Crippen LogP contribution < -0.4 is 11.4 Å². The van der Waals surface area contributed by atoms with Gasteiger partial charge in [0, 0.05) is 18.0 Å². The number of alkyl halides is 3. The van der Waals surface area contributed by atoms with Gasteiger partial charge >= 0.3 is 11.2 Å². The number of halogens is 3. The molecule has 0 spiro atoms. The monoisotopic (exact) mass is 455 g/mol. The van der Waals surface area contributed by atoms with E-state index in [-0.39, 0.29) is 23.8 Å². The van der Waals surface area contributed by atoms with E-state index in [2.05, 4.69) is 4.98 Å². The van der Waals surface area contributed by atoms with E-state index in [4.69, 9.17) is 11.1 Å². The smallest absolute Gasteiger partial charge is 0.493 e. The third kappa shape index (κ3) is 3.79. The molecule has 0 radical (unpaired) electrons. The number of nitrogens with two attached hydrogens (primary N) is 1. The molecule has 0 aliphatic heterocycles. The van der Waals surface area contributed by atoms with Crippen LogP contribution in [0.4, 0.5) is 13.2 Å². The summed E-state index contributed by atoms with van der Waals surface area (Å²) in [5, 5.41) is 18.0. The normalized spacial score (nSPS) is 12.1. The van der Waals surface area contributed by atoms with Crippen LogP contribution in [-0.4, -0.2) is 39.0 Å². The van der Waals surface area contributed by atoms with Gasteiger partial charge in [-0.3, -0.25) is 15.0 Å². The minimum absolute atomic E-state index is 0.0352. The number of hydrogen-bond acceptors (Lipinski definition) is 6. The molecule has 1 aromatic carbocycles. The Bertz CT molecular complexity index is 1330. The molecule has 0 saturated heterocycles. The van der Waals surface area contributed by atoms with Gasteiger partial charge in [-0.25, -0.2) is 17.8 Å². The van der Waals surface area contributed by atoms with Crippen LogP contribution in [0, 0.1) is 12.3 Å². The Labute approximate surface area is 173 Å². The van der Waals surface area contributed by atoms with Crippen LogP contribution in [0.15, 0.2) is 52.4 Å². The quantitative estimate of drug-likeness (QED) is 0.394. The molecule has 2 heterocycles. The van der Waals surface area contributed by atoms with Crippen molar-refractivity contribution in [1.82, 2.24) is 14.1 Å². The van der Waals surface area contributed by atoms with Crippen LogP contribution in [0.5, 0.6) is 5.88 Å². The first-order chi connectivity index (χ1) is 14.4. The highest BCUT2D eigenvalue weighted by Crippen LogP contribution is 2.31. The fourth-order valence-corrected chi connectivity index (χ4v) is 3.70. The Morgan fingerprint density at radius 1 is 1.23 bits per heavy atom. The molecule has 0 aliphatic rings. The molecule has 0 amide bonds. The third-order valence-corrected chi connectivity index (χ3v) is 6.10. The maximum absolute atomic E-state index is 12.9. The number of sulfone groups is 1. The van der Waals surface area contributed by atoms with E-state index in [9.17, 15) is 31.5 Å². The number of nitrogens with one attached hydrogen (secondary N) is 1. The minimum Gasteiger partial charge on any atom is -0.493 e. The van der Waals surface area contributed by atoms with Crippen molar-refractivity contribution < 1.29 is 26.7 Å². The van der Waals surface area contributed by atoms with Gasteiger partial charge in [-0.15, -0.1) is 0 Å². The van der Waals surface area contributed by atoms with Gasteiger partial charge in [-0.2, -0.15) is 13.2 Å². The average molecular weight is 455 g/mol. The summed E-state index contributed by atoms with van der Waals surface area (Å²) in [5.41, 5.74) is 0.211. The molecule has 0 saturated carbocycles. The number of pyridine rings is 1. The molecule has 9 nitrogen and oxygen atoms in total. The van der Waals surface area contributed by atoms with E-state index in [1.54, 1.807) is 6.07 Å². The standard InChI is InChI=1S/C18H16F3N5O4S/c1-10-16(27)26(12-2-4-13(5-3-12)31(29,30)18(19,20)21)17(28)25(10)9-11-6-7-24-8-14(11)15(22)23/h2-8,27H,9H2,1H3,(H3,22,23). The predicted molar refractivity (Wildman–Crippen MR) is 104 cm³/mol. The second-order valence-corrected chi connectivity index (χ2v) is 8.44. The topological polar surface area (TPSA) is 144 Å². The zero-order chi connectivity index (χ0) is 23.1. The second-order valence-electron chi connectivity index (χ2n) is 6.50. The predicted octanol–water partition coefficient (Wildman–Crippen LogP) is 1.67. The van der Waals surface area contributed by atoms with Gasteiger partial charge in [0.1, 0.15) is 5.84 Å². The molecular weight excluding hydrogens is 439 g/mol. The summed E-state index contributed by atoms with van der Waals surface area (Å²) >= 11 is 0. The maximum atomic E-state index is 12.9. The van der Waals surface area contributed by atoms with Crippen molar-refractivity contribution in [3.63, 3.8) is 0 Å². The molecule has 4 N–H and O–H groups in total. The second kappa shape index (κ2) is 7.58. The summed E-state index contributed by atoms with van der Waals surface area (Å²) in [4.78, 5) is 15.8. The Morgan fingerprint density at radius 3 is 2.39 bits per heavy atom. The highest BCUT2D eigenvalue weighted by molar-refractivity contribution is 7.92. The van der Waals surface area contributed by atoms with Gasteiger partial charge in [0.2, 0.25) is 5.88 Å². The van der Waals surface area contributed by atoms with E-state index in [0.717, 1.165) is 16.7 Å². The van der Waals surface area contributed by atoms with Crippen LogP contribution in [-0.2, 0) is 16.4 Å². The van der Waals surface area contributed by atoms with Gasteiger partial charge in [0.25, 0.3) is 9.84 Å². The van der Waals surface area contributed by atoms with Crippen molar-refractivity contribution in [2.24, 2.45) is 5.73 Å². The van der Waals surface area contributed by atoms with E-state index < -0.39 is 31.8 Å². The number of nitrogen functional groups attached to an aromatic ring is 1. The number of benzene rings is 1. The first-order valence-electron chi connectivity index (χ1n) is 8.56.